The number of aromatic nitrogens is 2. The Bertz CT molecular complexity index is 1450. The zero-order valence-corrected chi connectivity index (χ0v) is 22.7. The summed E-state index contributed by atoms with van der Waals surface area (Å²) in [6.45, 7) is 2.82. The number of aryl methyl sites for hydroxylation is 1. The van der Waals surface area contributed by atoms with Crippen molar-refractivity contribution in [1.82, 2.24) is 15.3 Å². The Morgan fingerprint density at radius 3 is 2.41 bits per heavy atom. The SMILES string of the molecule is CCc1nc(N(CCC(=O)NCc2cccc(C(F)(F)F)c2)CCc2ccccc2)c2cc(Cl)cc(Cl)c2n1. The molecule has 10 heteroatoms. The third-order valence-corrected chi connectivity index (χ3v) is 6.73. The first-order valence-corrected chi connectivity index (χ1v) is 13.3. The second-order valence-electron chi connectivity index (χ2n) is 9.05. The largest absolute Gasteiger partial charge is 0.416 e. The number of carbonyl (C=O) groups is 1. The van der Waals surface area contributed by atoms with E-state index < -0.39 is 11.7 Å². The molecule has 4 rings (SSSR count). The molecule has 39 heavy (non-hydrogen) atoms. The molecule has 4 aromatic rings. The van der Waals surface area contributed by atoms with Crippen molar-refractivity contribution in [3.63, 3.8) is 0 Å². The molecule has 0 bridgehead atoms. The number of anilines is 1. The van der Waals surface area contributed by atoms with Crippen LogP contribution in [0.15, 0.2) is 66.7 Å². The minimum absolute atomic E-state index is 0.00555. The first-order valence-electron chi connectivity index (χ1n) is 12.5. The number of halogens is 5. The molecule has 0 spiro atoms. The minimum atomic E-state index is -4.44. The van der Waals surface area contributed by atoms with Gasteiger partial charge in [-0.15, -0.1) is 0 Å². The van der Waals surface area contributed by atoms with E-state index in [4.69, 9.17) is 28.2 Å². The first-order chi connectivity index (χ1) is 18.6. The molecule has 0 saturated heterocycles. The standard InChI is InChI=1S/C29H27Cl2F3N4O/c1-2-25-36-27-23(16-22(30)17-24(27)31)28(37-25)38(13-11-19-7-4-3-5-8-19)14-12-26(39)35-18-20-9-6-10-21(15-20)29(32,33)34/h3-10,15-17H,2,11-14,18H2,1H3,(H,35,39). The van der Waals surface area contributed by atoms with Crippen LogP contribution in [0.5, 0.6) is 0 Å². The Morgan fingerprint density at radius 2 is 1.69 bits per heavy atom. The normalized spacial score (nSPS) is 11.5. The molecule has 0 fully saturated rings. The number of rotatable bonds is 10. The fourth-order valence-electron chi connectivity index (χ4n) is 4.20. The maximum atomic E-state index is 13.0. The van der Waals surface area contributed by atoms with Gasteiger partial charge in [-0.25, -0.2) is 9.97 Å². The molecule has 1 amide bonds. The predicted octanol–water partition coefficient (Wildman–Crippen LogP) is 7.27. The molecule has 3 aromatic carbocycles. The van der Waals surface area contributed by atoms with E-state index in [1.807, 2.05) is 42.2 Å². The number of nitrogens with one attached hydrogen (secondary N) is 1. The predicted molar refractivity (Wildman–Crippen MR) is 149 cm³/mol. The maximum absolute atomic E-state index is 13.0. The van der Waals surface area contributed by atoms with E-state index in [2.05, 4.69) is 10.3 Å². The second-order valence-corrected chi connectivity index (χ2v) is 9.89. The highest BCUT2D eigenvalue weighted by Crippen LogP contribution is 2.33. The topological polar surface area (TPSA) is 58.1 Å². The van der Waals surface area contributed by atoms with Gasteiger partial charge < -0.3 is 10.2 Å². The number of hydrogen-bond acceptors (Lipinski definition) is 4. The average Bonchev–Trinajstić information content (AvgIpc) is 2.92. The molecular formula is C29H27Cl2F3N4O. The number of amides is 1. The van der Waals surface area contributed by atoms with E-state index in [1.165, 1.54) is 6.07 Å². The Morgan fingerprint density at radius 1 is 0.949 bits per heavy atom. The van der Waals surface area contributed by atoms with Gasteiger partial charge in [0.2, 0.25) is 5.91 Å². The zero-order valence-electron chi connectivity index (χ0n) is 21.2. The molecular weight excluding hydrogens is 548 g/mol. The number of benzene rings is 3. The van der Waals surface area contributed by atoms with Crippen LogP contribution >= 0.6 is 23.2 Å². The van der Waals surface area contributed by atoms with E-state index in [9.17, 15) is 18.0 Å². The Labute approximate surface area is 235 Å². The number of nitrogens with zero attached hydrogens (tertiary/aromatic N) is 3. The lowest BCUT2D eigenvalue weighted by molar-refractivity contribution is -0.137. The fraction of sp³-hybridized carbons (Fsp3) is 0.276. The summed E-state index contributed by atoms with van der Waals surface area (Å²) < 4.78 is 39.1. The van der Waals surface area contributed by atoms with Gasteiger partial charge >= 0.3 is 6.18 Å². The number of fused-ring (bicyclic) bond motifs is 1. The van der Waals surface area contributed by atoms with Crippen molar-refractivity contribution in [3.8, 4) is 0 Å². The minimum Gasteiger partial charge on any atom is -0.355 e. The molecule has 0 aliphatic rings. The monoisotopic (exact) mass is 574 g/mol. The van der Waals surface area contributed by atoms with Crippen molar-refractivity contribution < 1.29 is 18.0 Å². The first kappa shape index (κ1) is 28.6. The number of alkyl halides is 3. The molecule has 204 valence electrons. The summed E-state index contributed by atoms with van der Waals surface area (Å²) in [6, 6.07) is 18.3. The van der Waals surface area contributed by atoms with Gasteiger partial charge in [0.05, 0.1) is 16.1 Å². The molecule has 1 heterocycles. The summed E-state index contributed by atoms with van der Waals surface area (Å²) in [7, 11) is 0. The molecule has 0 saturated carbocycles. The van der Waals surface area contributed by atoms with Gasteiger partial charge in [-0.05, 0) is 41.8 Å². The molecule has 1 N–H and O–H groups in total. The number of carbonyl (C=O) groups excluding carboxylic acids is 1. The summed E-state index contributed by atoms with van der Waals surface area (Å²) in [5.74, 6) is 0.950. The van der Waals surface area contributed by atoms with Crippen LogP contribution in [-0.4, -0.2) is 29.0 Å². The smallest absolute Gasteiger partial charge is 0.355 e. The van der Waals surface area contributed by atoms with Gasteiger partial charge in [-0.3, -0.25) is 4.79 Å². The van der Waals surface area contributed by atoms with Crippen molar-refractivity contribution in [2.24, 2.45) is 0 Å². The lowest BCUT2D eigenvalue weighted by Crippen LogP contribution is -2.33. The summed E-state index contributed by atoms with van der Waals surface area (Å²) in [5.41, 5.74) is 1.34. The van der Waals surface area contributed by atoms with E-state index in [-0.39, 0.29) is 18.9 Å². The molecule has 0 aliphatic carbocycles. The molecule has 1 aromatic heterocycles. The Balaban J connectivity index is 1.55. The zero-order chi connectivity index (χ0) is 28.0. The molecule has 0 radical (unpaired) electrons. The summed E-state index contributed by atoms with van der Waals surface area (Å²) in [5, 5.41) is 4.27. The van der Waals surface area contributed by atoms with Crippen molar-refractivity contribution >= 4 is 45.8 Å². The quantitative estimate of drug-likeness (QED) is 0.216. The van der Waals surface area contributed by atoms with Crippen molar-refractivity contribution in [2.45, 2.75) is 38.9 Å². The fourth-order valence-corrected chi connectivity index (χ4v) is 4.74. The summed E-state index contributed by atoms with van der Waals surface area (Å²) in [6.07, 6.45) is -3.04. The summed E-state index contributed by atoms with van der Waals surface area (Å²) >= 11 is 12.8. The highest BCUT2D eigenvalue weighted by molar-refractivity contribution is 6.38. The third-order valence-electron chi connectivity index (χ3n) is 6.23. The van der Waals surface area contributed by atoms with Crippen molar-refractivity contribution in [3.05, 3.63) is 99.3 Å². The van der Waals surface area contributed by atoms with E-state index >= 15 is 0 Å². The Hall–Kier alpha value is -3.36. The highest BCUT2D eigenvalue weighted by Gasteiger charge is 2.30. The average molecular weight is 575 g/mol. The van der Waals surface area contributed by atoms with E-state index in [0.717, 1.165) is 17.7 Å². The van der Waals surface area contributed by atoms with Crippen LogP contribution in [0.3, 0.4) is 0 Å². The van der Waals surface area contributed by atoms with Gasteiger partial charge in [0.1, 0.15) is 11.6 Å². The lowest BCUT2D eigenvalue weighted by Gasteiger charge is -2.26. The van der Waals surface area contributed by atoms with Gasteiger partial charge in [-0.1, -0.05) is 72.6 Å². The molecule has 0 aliphatic heterocycles. The van der Waals surface area contributed by atoms with E-state index in [0.29, 0.717) is 64.1 Å². The maximum Gasteiger partial charge on any atom is 0.416 e. The van der Waals surface area contributed by atoms with Crippen molar-refractivity contribution in [1.29, 1.82) is 0 Å². The van der Waals surface area contributed by atoms with Crippen LogP contribution in [-0.2, 0) is 30.4 Å². The van der Waals surface area contributed by atoms with Crippen LogP contribution in [0.2, 0.25) is 10.0 Å². The molecule has 5 nitrogen and oxygen atoms in total. The highest BCUT2D eigenvalue weighted by atomic mass is 35.5. The summed E-state index contributed by atoms with van der Waals surface area (Å²) in [4.78, 5) is 24.1. The van der Waals surface area contributed by atoms with E-state index in [1.54, 1.807) is 18.2 Å². The van der Waals surface area contributed by atoms with Crippen LogP contribution in [0, 0.1) is 0 Å². The van der Waals surface area contributed by atoms with Gasteiger partial charge in [-0.2, -0.15) is 13.2 Å². The number of hydrogen-bond donors (Lipinski definition) is 1. The van der Waals surface area contributed by atoms with Crippen LogP contribution < -0.4 is 10.2 Å². The van der Waals surface area contributed by atoms with Crippen LogP contribution in [0.4, 0.5) is 19.0 Å². The lowest BCUT2D eigenvalue weighted by atomic mass is 10.1. The van der Waals surface area contributed by atoms with Gasteiger partial charge in [0.15, 0.2) is 0 Å². The second kappa shape index (κ2) is 12.7. The van der Waals surface area contributed by atoms with Gasteiger partial charge in [0, 0.05) is 42.9 Å². The van der Waals surface area contributed by atoms with Crippen LogP contribution in [0.25, 0.3) is 10.9 Å². The Kier molecular flexibility index (Phi) is 9.30. The third kappa shape index (κ3) is 7.61. The molecule has 0 atom stereocenters. The van der Waals surface area contributed by atoms with Gasteiger partial charge in [0.25, 0.3) is 0 Å². The molecule has 0 unspecified atom stereocenters. The van der Waals surface area contributed by atoms with Crippen LogP contribution in [0.1, 0.15) is 35.9 Å². The van der Waals surface area contributed by atoms with Crippen molar-refractivity contribution in [2.75, 3.05) is 18.0 Å².